The Kier molecular flexibility index (Phi) is 10.1. The van der Waals surface area contributed by atoms with Crippen LogP contribution in [-0.2, 0) is 27.5 Å². The number of carbonyl (C=O) groups is 4. The van der Waals surface area contributed by atoms with Crippen LogP contribution in [0.1, 0.15) is 53.9 Å². The summed E-state index contributed by atoms with van der Waals surface area (Å²) in [5, 5.41) is 18.9. The van der Waals surface area contributed by atoms with Crippen LogP contribution < -0.4 is 18.9 Å². The zero-order valence-electron chi connectivity index (χ0n) is 24.4. The molecule has 0 aliphatic carbocycles. The number of ether oxygens (including phenoxy) is 4. The molecule has 1 aliphatic rings. The quantitative estimate of drug-likeness (QED) is 0.184. The Morgan fingerprint density at radius 1 is 0.860 bits per heavy atom. The molecule has 2 atom stereocenters. The van der Waals surface area contributed by atoms with Gasteiger partial charge in [0.2, 0.25) is 5.91 Å². The fourth-order valence-electron chi connectivity index (χ4n) is 4.53. The van der Waals surface area contributed by atoms with Gasteiger partial charge in [-0.05, 0) is 35.4 Å². The van der Waals surface area contributed by atoms with E-state index in [2.05, 4.69) is 4.98 Å². The lowest BCUT2D eigenvalue weighted by Crippen LogP contribution is -2.28. The summed E-state index contributed by atoms with van der Waals surface area (Å²) in [4.78, 5) is 54.5. The van der Waals surface area contributed by atoms with E-state index in [0.29, 0.717) is 58.5 Å². The number of methoxy groups -OCH3 is 2. The highest BCUT2D eigenvalue weighted by atomic mass is 32.1. The van der Waals surface area contributed by atoms with Crippen molar-refractivity contribution >= 4 is 45.2 Å². The molecule has 3 heterocycles. The second-order valence-corrected chi connectivity index (χ2v) is 11.4. The van der Waals surface area contributed by atoms with Crippen LogP contribution in [-0.4, -0.2) is 71.2 Å². The van der Waals surface area contributed by atoms with Crippen LogP contribution in [0.4, 0.5) is 0 Å². The van der Waals surface area contributed by atoms with Crippen LogP contribution in [0.3, 0.4) is 0 Å². The molecule has 4 rings (SSSR count). The van der Waals surface area contributed by atoms with E-state index in [-0.39, 0.29) is 37.0 Å². The van der Waals surface area contributed by atoms with E-state index in [1.807, 2.05) is 12.1 Å². The van der Waals surface area contributed by atoms with Crippen LogP contribution in [0.2, 0.25) is 0 Å². The summed E-state index contributed by atoms with van der Waals surface area (Å²) in [6.07, 6.45) is 0.344. The number of nitrogens with zero attached hydrogens (tertiary/aromatic N) is 2. The van der Waals surface area contributed by atoms with E-state index in [0.717, 1.165) is 11.1 Å². The first-order valence-electron chi connectivity index (χ1n) is 13.7. The molecule has 0 saturated heterocycles. The molecular formula is C30H34N2O10S. The van der Waals surface area contributed by atoms with Crippen LogP contribution >= 0.6 is 11.3 Å². The minimum absolute atomic E-state index is 0.0613. The highest BCUT2D eigenvalue weighted by molar-refractivity contribution is 7.20. The number of aromatic nitrogens is 1. The highest BCUT2D eigenvalue weighted by Gasteiger charge is 2.28. The van der Waals surface area contributed by atoms with Crippen molar-refractivity contribution in [1.29, 1.82) is 0 Å². The Morgan fingerprint density at radius 3 is 2.09 bits per heavy atom. The Hall–Kier alpha value is -4.39. The van der Waals surface area contributed by atoms with Gasteiger partial charge in [-0.2, -0.15) is 4.98 Å². The number of Topliss-reactive ketones (excluding diaryl/α,β-unsaturated/α-hetero) is 1. The maximum atomic E-state index is 12.6. The topological polar surface area (TPSA) is 162 Å². The number of carboxylic acids is 2. The van der Waals surface area contributed by atoms with E-state index in [1.165, 1.54) is 39.4 Å². The average molecular weight is 615 g/mol. The zero-order chi connectivity index (χ0) is 31.3. The van der Waals surface area contributed by atoms with E-state index < -0.39 is 23.8 Å². The van der Waals surface area contributed by atoms with Crippen molar-refractivity contribution in [2.75, 3.05) is 27.4 Å². The molecule has 43 heavy (non-hydrogen) atoms. The lowest BCUT2D eigenvalue weighted by atomic mass is 10.0. The zero-order valence-corrected chi connectivity index (χ0v) is 25.2. The molecule has 1 amide bonds. The summed E-state index contributed by atoms with van der Waals surface area (Å²) in [6, 6.07) is 7.09. The number of carbonyl (C=O) groups excluding carboxylic acids is 2. The summed E-state index contributed by atoms with van der Waals surface area (Å²) in [5.41, 5.74) is 1.84. The van der Waals surface area contributed by atoms with Crippen molar-refractivity contribution in [3.63, 3.8) is 0 Å². The number of benzene rings is 1. The van der Waals surface area contributed by atoms with Crippen molar-refractivity contribution in [2.24, 2.45) is 11.8 Å². The summed E-state index contributed by atoms with van der Waals surface area (Å²) in [5.74, 6) is -2.30. The standard InChI is InChI=1S/C30H34N2O10S/c1-16(29(35)36)8-21(33)25-13-18-10-24(40-4)27(31-28(18)43-25)42-7-5-6-41-23-12-20-15-32(14-19(20)11-22(23)39-3)26(34)9-17(2)30(37)38/h10-13,16-17H,5-9,14-15H2,1-4H3,(H,35,36)(H,37,38)/t16-,17-/m0/s1. The monoisotopic (exact) mass is 614 g/mol. The number of ketones is 1. The number of carboxylic acid groups (broad SMARTS) is 2. The lowest BCUT2D eigenvalue weighted by molar-refractivity contribution is -0.145. The predicted molar refractivity (Wildman–Crippen MR) is 156 cm³/mol. The summed E-state index contributed by atoms with van der Waals surface area (Å²) in [7, 11) is 3.03. The van der Waals surface area contributed by atoms with Gasteiger partial charge in [-0.1, -0.05) is 13.8 Å². The first kappa shape index (κ1) is 31.5. The highest BCUT2D eigenvalue weighted by Crippen LogP contribution is 2.36. The Morgan fingerprint density at radius 2 is 1.47 bits per heavy atom. The number of hydrogen-bond acceptors (Lipinski definition) is 10. The molecule has 0 saturated carbocycles. The molecule has 0 unspecified atom stereocenters. The minimum Gasteiger partial charge on any atom is -0.493 e. The molecule has 0 spiro atoms. The fraction of sp³-hybridized carbons (Fsp3) is 0.433. The largest absolute Gasteiger partial charge is 0.493 e. The predicted octanol–water partition coefficient (Wildman–Crippen LogP) is 4.41. The van der Waals surface area contributed by atoms with Gasteiger partial charge in [0.1, 0.15) is 4.83 Å². The van der Waals surface area contributed by atoms with Crippen molar-refractivity contribution in [3.8, 4) is 23.1 Å². The number of amides is 1. The number of aliphatic carboxylic acids is 2. The molecule has 0 bridgehead atoms. The third kappa shape index (κ3) is 7.53. The lowest BCUT2D eigenvalue weighted by Gasteiger charge is -2.16. The van der Waals surface area contributed by atoms with Gasteiger partial charge in [-0.3, -0.25) is 19.2 Å². The molecule has 0 fully saturated rings. The van der Waals surface area contributed by atoms with Crippen molar-refractivity contribution in [1.82, 2.24) is 9.88 Å². The maximum Gasteiger partial charge on any atom is 0.306 e. The normalized spacial score (nSPS) is 13.7. The SMILES string of the molecule is COc1cc2c(cc1OCCCOc1nc3sc(C(=O)C[C@H](C)C(=O)O)cc3cc1OC)CN(C(=O)C[C@H](C)C(=O)O)C2. The minimum atomic E-state index is -1.02. The second kappa shape index (κ2) is 13.7. The Bertz CT molecular complexity index is 1530. The number of fused-ring (bicyclic) bond motifs is 2. The molecule has 1 aliphatic heterocycles. The molecular weight excluding hydrogens is 580 g/mol. The number of thiophene rings is 1. The number of hydrogen-bond donors (Lipinski definition) is 2. The van der Waals surface area contributed by atoms with Gasteiger partial charge in [-0.15, -0.1) is 11.3 Å². The first-order chi connectivity index (χ1) is 20.5. The molecule has 13 heteroatoms. The van der Waals surface area contributed by atoms with E-state index in [4.69, 9.17) is 29.2 Å². The van der Waals surface area contributed by atoms with Gasteiger partial charge >= 0.3 is 11.9 Å². The molecule has 0 radical (unpaired) electrons. The molecule has 12 nitrogen and oxygen atoms in total. The fourth-order valence-corrected chi connectivity index (χ4v) is 5.49. The third-order valence-electron chi connectivity index (χ3n) is 7.10. The van der Waals surface area contributed by atoms with E-state index >= 15 is 0 Å². The molecule has 1 aromatic carbocycles. The van der Waals surface area contributed by atoms with Gasteiger partial charge in [0, 0.05) is 37.7 Å². The Labute approximate surface area is 252 Å². The van der Waals surface area contributed by atoms with Crippen LogP contribution in [0.25, 0.3) is 10.2 Å². The van der Waals surface area contributed by atoms with Crippen LogP contribution in [0.15, 0.2) is 24.3 Å². The van der Waals surface area contributed by atoms with Gasteiger partial charge in [0.25, 0.3) is 5.88 Å². The van der Waals surface area contributed by atoms with Crippen LogP contribution in [0.5, 0.6) is 23.1 Å². The average Bonchev–Trinajstić information content (AvgIpc) is 3.59. The smallest absolute Gasteiger partial charge is 0.306 e. The second-order valence-electron chi connectivity index (χ2n) is 10.4. The summed E-state index contributed by atoms with van der Waals surface area (Å²) < 4.78 is 22.8. The van der Waals surface area contributed by atoms with Gasteiger partial charge in [0.05, 0.1) is 44.1 Å². The number of rotatable bonds is 15. The maximum absolute atomic E-state index is 12.6. The van der Waals surface area contributed by atoms with Crippen molar-refractivity contribution < 1.29 is 48.3 Å². The van der Waals surface area contributed by atoms with Gasteiger partial charge in [0.15, 0.2) is 23.0 Å². The molecule has 2 N–H and O–H groups in total. The first-order valence-corrected chi connectivity index (χ1v) is 14.5. The van der Waals surface area contributed by atoms with E-state index in [9.17, 15) is 19.2 Å². The van der Waals surface area contributed by atoms with Gasteiger partial charge in [-0.25, -0.2) is 0 Å². The molecule has 230 valence electrons. The Balaban J connectivity index is 1.34. The van der Waals surface area contributed by atoms with Crippen molar-refractivity contribution in [3.05, 3.63) is 40.3 Å². The molecule has 2 aromatic heterocycles. The summed E-state index contributed by atoms with van der Waals surface area (Å²) >= 11 is 1.17. The van der Waals surface area contributed by atoms with E-state index in [1.54, 1.807) is 17.0 Å². The van der Waals surface area contributed by atoms with Gasteiger partial charge < -0.3 is 34.1 Å². The molecule has 3 aromatic rings. The van der Waals surface area contributed by atoms with Crippen LogP contribution in [0, 0.1) is 11.8 Å². The summed E-state index contributed by atoms with van der Waals surface area (Å²) in [6.45, 7) is 4.32. The number of pyridine rings is 1. The third-order valence-corrected chi connectivity index (χ3v) is 8.18. The van der Waals surface area contributed by atoms with Crippen molar-refractivity contribution in [2.45, 2.75) is 46.2 Å².